The monoisotopic (exact) mass is 359 g/mol. The van der Waals surface area contributed by atoms with Gasteiger partial charge in [-0.3, -0.25) is 0 Å². The van der Waals surface area contributed by atoms with Crippen molar-refractivity contribution in [2.45, 2.75) is 6.92 Å². The van der Waals surface area contributed by atoms with E-state index in [1.807, 2.05) is 43.3 Å². The third-order valence-electron chi connectivity index (χ3n) is 4.15. The van der Waals surface area contributed by atoms with Crippen molar-refractivity contribution in [1.29, 1.82) is 0 Å². The van der Waals surface area contributed by atoms with Gasteiger partial charge in [0.05, 0.1) is 25.6 Å². The van der Waals surface area contributed by atoms with E-state index in [9.17, 15) is 0 Å². The normalized spacial score (nSPS) is 10.3. The van der Waals surface area contributed by atoms with Crippen LogP contribution in [0.25, 0.3) is 34.9 Å². The van der Waals surface area contributed by atoms with E-state index in [0.29, 0.717) is 28.7 Å². The van der Waals surface area contributed by atoms with E-state index in [4.69, 9.17) is 14.5 Å². The van der Waals surface area contributed by atoms with Crippen LogP contribution in [0.5, 0.6) is 11.5 Å². The van der Waals surface area contributed by atoms with Gasteiger partial charge in [0.1, 0.15) is 5.69 Å². The zero-order chi connectivity index (χ0) is 19.4. The van der Waals surface area contributed by atoms with Gasteiger partial charge in [-0.1, -0.05) is 25.3 Å². The Morgan fingerprint density at radius 1 is 0.889 bits per heavy atom. The van der Waals surface area contributed by atoms with Crippen LogP contribution in [-0.2, 0) is 0 Å². The molecule has 0 spiro atoms. The fourth-order valence-corrected chi connectivity index (χ4v) is 2.83. The molecule has 0 aliphatic carbocycles. The van der Waals surface area contributed by atoms with Crippen molar-refractivity contribution >= 4 is 12.2 Å². The maximum absolute atomic E-state index is 5.43. The van der Waals surface area contributed by atoms with E-state index in [0.717, 1.165) is 22.5 Å². The number of hydrogen-bond acceptors (Lipinski definition) is 5. The molecule has 0 radical (unpaired) electrons. The Morgan fingerprint density at radius 3 is 2.30 bits per heavy atom. The molecule has 0 amide bonds. The van der Waals surface area contributed by atoms with Crippen molar-refractivity contribution in [3.05, 3.63) is 66.5 Å². The number of methoxy groups -OCH3 is 2. The third-order valence-corrected chi connectivity index (χ3v) is 4.15. The second kappa shape index (κ2) is 7.83. The molecule has 2 aromatic heterocycles. The molecule has 5 nitrogen and oxygen atoms in total. The summed E-state index contributed by atoms with van der Waals surface area (Å²) in [6.45, 7) is 9.74. The number of rotatable bonds is 6. The molecule has 0 fully saturated rings. The first-order valence-corrected chi connectivity index (χ1v) is 8.44. The van der Waals surface area contributed by atoms with Crippen molar-refractivity contribution in [2.24, 2.45) is 0 Å². The molecule has 0 N–H and O–H groups in total. The summed E-state index contributed by atoms with van der Waals surface area (Å²) in [5, 5.41) is 0. The zero-order valence-electron chi connectivity index (χ0n) is 15.7. The molecule has 3 aromatic rings. The van der Waals surface area contributed by atoms with E-state index in [1.165, 1.54) is 0 Å². The fraction of sp³-hybridized carbons (Fsp3) is 0.136. The van der Waals surface area contributed by atoms with Crippen LogP contribution in [0.3, 0.4) is 0 Å². The highest BCUT2D eigenvalue weighted by atomic mass is 16.5. The lowest BCUT2D eigenvalue weighted by molar-refractivity contribution is 0.355. The lowest BCUT2D eigenvalue weighted by Crippen LogP contribution is -2.01. The smallest absolute Gasteiger partial charge is 0.179 e. The minimum absolute atomic E-state index is 0.531. The van der Waals surface area contributed by atoms with Gasteiger partial charge in [0.2, 0.25) is 0 Å². The molecule has 0 aliphatic rings. The molecule has 5 heteroatoms. The van der Waals surface area contributed by atoms with Crippen LogP contribution in [0, 0.1) is 6.92 Å². The molecule has 1 aromatic carbocycles. The molecule has 0 unspecified atom stereocenters. The molecule has 2 heterocycles. The van der Waals surface area contributed by atoms with Crippen LogP contribution in [0.15, 0.2) is 49.6 Å². The molecule has 0 aliphatic heterocycles. The average molecular weight is 359 g/mol. The van der Waals surface area contributed by atoms with E-state index >= 15 is 0 Å². The van der Waals surface area contributed by atoms with Gasteiger partial charge in [0.25, 0.3) is 0 Å². The van der Waals surface area contributed by atoms with E-state index in [-0.39, 0.29) is 0 Å². The SMILES string of the molecule is C=Cc1nc(-c2cccc(C)n2)nc(-c2ccc(OC)c(OC)c2)c1C=C. The highest BCUT2D eigenvalue weighted by molar-refractivity contribution is 5.79. The maximum atomic E-state index is 5.43. The number of pyridine rings is 1. The van der Waals surface area contributed by atoms with Gasteiger partial charge in [0.15, 0.2) is 17.3 Å². The van der Waals surface area contributed by atoms with Crippen molar-refractivity contribution < 1.29 is 9.47 Å². The Balaban J connectivity index is 2.26. The zero-order valence-corrected chi connectivity index (χ0v) is 15.7. The summed E-state index contributed by atoms with van der Waals surface area (Å²) in [4.78, 5) is 13.9. The lowest BCUT2D eigenvalue weighted by Gasteiger charge is -2.13. The Bertz CT molecular complexity index is 1010. The predicted molar refractivity (Wildman–Crippen MR) is 109 cm³/mol. The standard InChI is InChI=1S/C22H21N3O2/c1-6-16-17(7-2)24-22(18-10-8-9-14(3)23-18)25-21(16)15-11-12-19(26-4)20(13-15)27-5/h6-13H,1-2H2,3-5H3. The summed E-state index contributed by atoms with van der Waals surface area (Å²) in [7, 11) is 3.21. The van der Waals surface area contributed by atoms with Crippen LogP contribution >= 0.6 is 0 Å². The van der Waals surface area contributed by atoms with Crippen molar-refractivity contribution in [1.82, 2.24) is 15.0 Å². The highest BCUT2D eigenvalue weighted by Gasteiger charge is 2.16. The number of aryl methyl sites for hydroxylation is 1. The number of benzene rings is 1. The van der Waals surface area contributed by atoms with Crippen LogP contribution in [0.4, 0.5) is 0 Å². The molecule has 0 atom stereocenters. The Kier molecular flexibility index (Phi) is 5.31. The molecular formula is C22H21N3O2. The minimum Gasteiger partial charge on any atom is -0.493 e. The molecule has 136 valence electrons. The molecule has 3 rings (SSSR count). The number of ether oxygens (including phenoxy) is 2. The van der Waals surface area contributed by atoms with E-state index in [2.05, 4.69) is 23.1 Å². The van der Waals surface area contributed by atoms with Crippen molar-refractivity contribution in [3.8, 4) is 34.3 Å². The Hall–Kier alpha value is -3.47. The van der Waals surface area contributed by atoms with Gasteiger partial charge in [-0.05, 0) is 43.3 Å². The molecule has 0 saturated heterocycles. The average Bonchev–Trinajstić information content (AvgIpc) is 2.72. The van der Waals surface area contributed by atoms with Crippen molar-refractivity contribution in [2.75, 3.05) is 14.2 Å². The first-order chi connectivity index (χ1) is 13.1. The van der Waals surface area contributed by atoms with Crippen LogP contribution in [-0.4, -0.2) is 29.2 Å². The maximum Gasteiger partial charge on any atom is 0.179 e. The first-order valence-electron chi connectivity index (χ1n) is 8.44. The van der Waals surface area contributed by atoms with Gasteiger partial charge in [-0.25, -0.2) is 15.0 Å². The van der Waals surface area contributed by atoms with E-state index < -0.39 is 0 Å². The van der Waals surface area contributed by atoms with Gasteiger partial charge >= 0.3 is 0 Å². The third kappa shape index (κ3) is 3.58. The quantitative estimate of drug-likeness (QED) is 0.632. The van der Waals surface area contributed by atoms with Gasteiger partial charge in [-0.15, -0.1) is 0 Å². The lowest BCUT2D eigenvalue weighted by atomic mass is 10.0. The summed E-state index contributed by atoms with van der Waals surface area (Å²) in [6, 6.07) is 11.4. The summed E-state index contributed by atoms with van der Waals surface area (Å²) in [6.07, 6.45) is 3.43. The molecule has 27 heavy (non-hydrogen) atoms. The van der Waals surface area contributed by atoms with E-state index in [1.54, 1.807) is 26.4 Å². The first kappa shape index (κ1) is 18.3. The highest BCUT2D eigenvalue weighted by Crippen LogP contribution is 2.34. The number of hydrogen-bond donors (Lipinski definition) is 0. The summed E-state index contributed by atoms with van der Waals surface area (Å²) < 4.78 is 10.8. The molecular weight excluding hydrogens is 338 g/mol. The summed E-state index contributed by atoms with van der Waals surface area (Å²) >= 11 is 0. The number of aromatic nitrogens is 3. The van der Waals surface area contributed by atoms with Gasteiger partial charge < -0.3 is 9.47 Å². The second-order valence-corrected chi connectivity index (χ2v) is 5.84. The largest absolute Gasteiger partial charge is 0.493 e. The molecule has 0 bridgehead atoms. The van der Waals surface area contributed by atoms with Crippen molar-refractivity contribution in [3.63, 3.8) is 0 Å². The van der Waals surface area contributed by atoms with Crippen LogP contribution in [0.2, 0.25) is 0 Å². The van der Waals surface area contributed by atoms with Gasteiger partial charge in [0, 0.05) is 16.8 Å². The minimum atomic E-state index is 0.531. The topological polar surface area (TPSA) is 57.1 Å². The van der Waals surface area contributed by atoms with Crippen LogP contribution in [0.1, 0.15) is 17.0 Å². The summed E-state index contributed by atoms with van der Waals surface area (Å²) in [5.74, 6) is 1.81. The Labute approximate surface area is 159 Å². The summed E-state index contributed by atoms with van der Waals surface area (Å²) in [5.41, 5.74) is 4.69. The number of nitrogens with zero attached hydrogens (tertiary/aromatic N) is 3. The van der Waals surface area contributed by atoms with Gasteiger partial charge in [-0.2, -0.15) is 0 Å². The second-order valence-electron chi connectivity index (χ2n) is 5.84. The molecule has 0 saturated carbocycles. The van der Waals surface area contributed by atoms with Crippen LogP contribution < -0.4 is 9.47 Å². The fourth-order valence-electron chi connectivity index (χ4n) is 2.83. The Morgan fingerprint density at radius 2 is 1.67 bits per heavy atom. The predicted octanol–water partition coefficient (Wildman–Crippen LogP) is 4.82.